The van der Waals surface area contributed by atoms with E-state index in [2.05, 4.69) is 0 Å². The molecule has 0 radical (unpaired) electrons. The molecule has 4 rings (SSSR count). The molecular weight excluding hydrogens is 592 g/mol. The highest BCUT2D eigenvalue weighted by molar-refractivity contribution is 6.49. The van der Waals surface area contributed by atoms with Gasteiger partial charge in [0.1, 0.15) is 11.5 Å². The Morgan fingerprint density at radius 1 is 0.413 bits per heavy atom. The van der Waals surface area contributed by atoms with Crippen LogP contribution in [0.5, 0.6) is 46.0 Å². The van der Waals surface area contributed by atoms with Crippen molar-refractivity contribution < 1.29 is 47.5 Å². The third-order valence-corrected chi connectivity index (χ3v) is 7.58. The number of hydrogen-bond donors (Lipinski definition) is 0. The van der Waals surface area contributed by atoms with E-state index in [1.807, 2.05) is 30.3 Å². The second kappa shape index (κ2) is 15.1. The van der Waals surface area contributed by atoms with Crippen LogP contribution in [0.25, 0.3) is 11.1 Å². The Morgan fingerprint density at radius 3 is 1.30 bits per heavy atom. The minimum absolute atomic E-state index is 0.100. The van der Waals surface area contributed by atoms with Gasteiger partial charge in [0.05, 0.1) is 56.9 Å². The van der Waals surface area contributed by atoms with Crippen molar-refractivity contribution in [1.29, 1.82) is 0 Å². The summed E-state index contributed by atoms with van der Waals surface area (Å²) in [5.74, 6) is 2.19. The Hall–Kier alpha value is -5.38. The lowest BCUT2D eigenvalue weighted by Gasteiger charge is -2.16. The number of hydrogen-bond acceptors (Lipinski definition) is 10. The van der Waals surface area contributed by atoms with Crippen molar-refractivity contribution in [3.63, 3.8) is 0 Å². The topological polar surface area (TPSA) is 108 Å². The van der Waals surface area contributed by atoms with E-state index in [4.69, 9.17) is 37.9 Å². The second-order valence-corrected chi connectivity index (χ2v) is 10.1. The molecule has 46 heavy (non-hydrogen) atoms. The van der Waals surface area contributed by atoms with Crippen LogP contribution in [0, 0.1) is 0 Å². The number of ether oxygens (including phenoxy) is 8. The molecular formula is C36H38O10. The summed E-state index contributed by atoms with van der Waals surface area (Å²) in [5, 5.41) is 0. The standard InChI is InChI=1S/C36H38O10/c1-39-27-13-11-21(9-10-22-16-29(41-3)35(45-7)30(17-22)42-4)15-25(27)26-18-23(12-14-28(26)40-2)33(37)34(38)24-19-31(43-5)36(46-8)32(20-24)44-6/h11-20H,9-10H2,1-8H3. The van der Waals surface area contributed by atoms with Gasteiger partial charge in [0.2, 0.25) is 23.1 Å². The number of aryl methyl sites for hydroxylation is 2. The van der Waals surface area contributed by atoms with Crippen LogP contribution in [0.4, 0.5) is 0 Å². The van der Waals surface area contributed by atoms with Crippen molar-refractivity contribution in [2.75, 3.05) is 56.9 Å². The average Bonchev–Trinajstić information content (AvgIpc) is 3.11. The summed E-state index contributed by atoms with van der Waals surface area (Å²) in [5.41, 5.74) is 3.59. The molecule has 0 bridgehead atoms. The Kier molecular flexibility index (Phi) is 11.0. The van der Waals surface area contributed by atoms with Crippen molar-refractivity contribution in [1.82, 2.24) is 0 Å². The highest BCUT2D eigenvalue weighted by Crippen LogP contribution is 2.41. The molecule has 0 aliphatic rings. The monoisotopic (exact) mass is 630 g/mol. The molecule has 10 heteroatoms. The van der Waals surface area contributed by atoms with Gasteiger partial charge in [-0.1, -0.05) is 6.07 Å². The highest BCUT2D eigenvalue weighted by Gasteiger charge is 2.25. The van der Waals surface area contributed by atoms with Crippen LogP contribution in [0.2, 0.25) is 0 Å². The van der Waals surface area contributed by atoms with Gasteiger partial charge in [0, 0.05) is 22.3 Å². The van der Waals surface area contributed by atoms with Crippen molar-refractivity contribution in [2.24, 2.45) is 0 Å². The molecule has 10 nitrogen and oxygen atoms in total. The zero-order valence-electron chi connectivity index (χ0n) is 27.3. The maximum Gasteiger partial charge on any atom is 0.233 e. The smallest absolute Gasteiger partial charge is 0.233 e. The zero-order valence-corrected chi connectivity index (χ0v) is 27.3. The van der Waals surface area contributed by atoms with Crippen molar-refractivity contribution in [3.8, 4) is 57.1 Å². The Balaban J connectivity index is 1.69. The molecule has 0 aliphatic heterocycles. The first kappa shape index (κ1) is 33.5. The number of Topliss-reactive ketones (excluding diaryl/α,β-unsaturated/α-hetero) is 2. The largest absolute Gasteiger partial charge is 0.496 e. The molecule has 242 valence electrons. The van der Waals surface area contributed by atoms with Gasteiger partial charge in [-0.25, -0.2) is 0 Å². The highest BCUT2D eigenvalue weighted by atomic mass is 16.5. The van der Waals surface area contributed by atoms with Gasteiger partial charge in [0.15, 0.2) is 23.0 Å². The van der Waals surface area contributed by atoms with Crippen molar-refractivity contribution in [2.45, 2.75) is 12.8 Å². The van der Waals surface area contributed by atoms with Gasteiger partial charge < -0.3 is 37.9 Å². The number of methoxy groups -OCH3 is 8. The third kappa shape index (κ3) is 6.81. The summed E-state index contributed by atoms with van der Waals surface area (Å²) in [6.45, 7) is 0. The van der Waals surface area contributed by atoms with Crippen LogP contribution < -0.4 is 37.9 Å². The van der Waals surface area contributed by atoms with Crippen LogP contribution in [0.1, 0.15) is 31.8 Å². The summed E-state index contributed by atoms with van der Waals surface area (Å²) in [7, 11) is 12.2. The lowest BCUT2D eigenvalue weighted by Crippen LogP contribution is -2.15. The molecule has 0 aliphatic carbocycles. The van der Waals surface area contributed by atoms with E-state index in [9.17, 15) is 9.59 Å². The lowest BCUT2D eigenvalue weighted by molar-refractivity contribution is 0.0816. The fourth-order valence-electron chi connectivity index (χ4n) is 5.22. The molecule has 0 heterocycles. The molecule has 0 N–H and O–H groups in total. The summed E-state index contributed by atoms with van der Waals surface area (Å²) < 4.78 is 43.9. The van der Waals surface area contributed by atoms with Crippen LogP contribution in [-0.4, -0.2) is 68.4 Å². The summed E-state index contributed by atoms with van der Waals surface area (Å²) >= 11 is 0. The minimum Gasteiger partial charge on any atom is -0.496 e. The summed E-state index contributed by atoms with van der Waals surface area (Å²) in [6.07, 6.45) is 1.36. The first-order chi connectivity index (χ1) is 22.3. The van der Waals surface area contributed by atoms with E-state index in [1.165, 1.54) is 33.5 Å². The fourth-order valence-corrected chi connectivity index (χ4v) is 5.22. The fraction of sp³-hybridized carbons (Fsp3) is 0.278. The average molecular weight is 631 g/mol. The third-order valence-electron chi connectivity index (χ3n) is 7.58. The second-order valence-electron chi connectivity index (χ2n) is 10.1. The molecule has 0 fully saturated rings. The first-order valence-electron chi connectivity index (χ1n) is 14.3. The predicted molar refractivity (Wildman–Crippen MR) is 173 cm³/mol. The van der Waals surface area contributed by atoms with E-state index in [-0.39, 0.29) is 22.6 Å². The van der Waals surface area contributed by atoms with Gasteiger partial charge in [-0.3, -0.25) is 9.59 Å². The summed E-state index contributed by atoms with van der Waals surface area (Å²) in [4.78, 5) is 27.0. The quantitative estimate of drug-likeness (QED) is 0.110. The Bertz CT molecular complexity index is 1680. The van der Waals surface area contributed by atoms with E-state index in [0.29, 0.717) is 58.5 Å². The molecule has 0 saturated heterocycles. The Morgan fingerprint density at radius 2 is 0.826 bits per heavy atom. The van der Waals surface area contributed by atoms with Crippen LogP contribution in [0.3, 0.4) is 0 Å². The minimum atomic E-state index is -0.735. The normalized spacial score (nSPS) is 10.5. The van der Waals surface area contributed by atoms with Gasteiger partial charge >= 0.3 is 0 Å². The summed E-state index contributed by atoms with van der Waals surface area (Å²) in [6, 6.07) is 17.4. The number of carbonyl (C=O) groups is 2. The van der Waals surface area contributed by atoms with Gasteiger partial charge in [-0.05, 0) is 78.6 Å². The van der Waals surface area contributed by atoms with E-state index >= 15 is 0 Å². The van der Waals surface area contributed by atoms with Gasteiger partial charge in [0.25, 0.3) is 0 Å². The van der Waals surface area contributed by atoms with Gasteiger partial charge in [-0.15, -0.1) is 0 Å². The van der Waals surface area contributed by atoms with Crippen LogP contribution in [-0.2, 0) is 12.8 Å². The molecule has 0 aromatic heterocycles. The van der Waals surface area contributed by atoms with Crippen molar-refractivity contribution in [3.05, 3.63) is 82.9 Å². The molecule has 0 unspecified atom stereocenters. The number of benzene rings is 4. The van der Waals surface area contributed by atoms with Crippen LogP contribution >= 0.6 is 0 Å². The zero-order chi connectivity index (χ0) is 33.4. The number of rotatable bonds is 15. The maximum atomic E-state index is 13.5. The predicted octanol–water partition coefficient (Wildman–Crippen LogP) is 6.27. The number of ketones is 2. The Labute approximate surface area is 268 Å². The van der Waals surface area contributed by atoms with E-state index < -0.39 is 11.6 Å². The first-order valence-corrected chi connectivity index (χ1v) is 14.3. The maximum absolute atomic E-state index is 13.5. The SMILES string of the molecule is COc1ccc(CCc2cc(OC)c(OC)c(OC)c2)cc1-c1cc(C(=O)C(=O)c2cc(OC)c(OC)c(OC)c2)ccc1OC. The van der Waals surface area contributed by atoms with E-state index in [0.717, 1.165) is 11.1 Å². The number of carbonyl (C=O) groups excluding carboxylic acids is 2. The van der Waals surface area contributed by atoms with Crippen LogP contribution in [0.15, 0.2) is 60.7 Å². The molecule has 4 aromatic rings. The lowest BCUT2D eigenvalue weighted by atomic mass is 9.94. The molecule has 4 aromatic carbocycles. The molecule has 0 spiro atoms. The van der Waals surface area contributed by atoms with Crippen molar-refractivity contribution >= 4 is 11.6 Å². The molecule has 0 atom stereocenters. The van der Waals surface area contributed by atoms with E-state index in [1.54, 1.807) is 53.7 Å². The molecule has 0 amide bonds. The van der Waals surface area contributed by atoms with Gasteiger partial charge in [-0.2, -0.15) is 0 Å². The molecule has 0 saturated carbocycles.